The van der Waals surface area contributed by atoms with E-state index in [0.29, 0.717) is 13.4 Å². The van der Waals surface area contributed by atoms with Gasteiger partial charge < -0.3 is 15.5 Å². The molecule has 0 heterocycles. The molecule has 1 aromatic rings. The minimum atomic E-state index is -0.882. The van der Waals surface area contributed by atoms with E-state index >= 15 is 0 Å². The van der Waals surface area contributed by atoms with Crippen LogP contribution in [0.1, 0.15) is 52.0 Å². The maximum atomic E-state index is 10.1. The van der Waals surface area contributed by atoms with Gasteiger partial charge in [0, 0.05) is 5.69 Å². The SMILES string of the molecule is CC(C)(O)C(C)(C)OBc1cc(N)cc(C2CC2)c1. The fourth-order valence-electron chi connectivity index (χ4n) is 1.92. The highest BCUT2D eigenvalue weighted by atomic mass is 16.5. The Morgan fingerprint density at radius 1 is 1.21 bits per heavy atom. The topological polar surface area (TPSA) is 55.5 Å². The molecule has 4 heteroatoms. The van der Waals surface area contributed by atoms with Crippen LogP contribution in [0.5, 0.6) is 0 Å². The van der Waals surface area contributed by atoms with Crippen molar-refractivity contribution < 1.29 is 9.76 Å². The molecule has 0 aliphatic heterocycles. The maximum Gasteiger partial charge on any atom is 0.309 e. The molecule has 1 fully saturated rings. The van der Waals surface area contributed by atoms with Crippen molar-refractivity contribution in [3.8, 4) is 0 Å². The molecule has 0 saturated heterocycles. The summed E-state index contributed by atoms with van der Waals surface area (Å²) in [5.74, 6) is 0.685. The highest BCUT2D eigenvalue weighted by molar-refractivity contribution is 6.47. The third-order valence-corrected chi connectivity index (χ3v) is 4.16. The highest BCUT2D eigenvalue weighted by Crippen LogP contribution is 2.40. The molecule has 3 nitrogen and oxygen atoms in total. The van der Waals surface area contributed by atoms with E-state index in [1.165, 1.54) is 18.4 Å². The molecule has 1 saturated carbocycles. The fraction of sp³-hybridized carbons (Fsp3) is 0.600. The largest absolute Gasteiger partial charge is 0.427 e. The molecular formula is C15H24BNO2. The summed E-state index contributed by atoms with van der Waals surface area (Å²) in [6.45, 7) is 7.34. The Hall–Kier alpha value is -0.995. The lowest BCUT2D eigenvalue weighted by Gasteiger charge is -2.37. The number of nitrogens with two attached hydrogens (primary N) is 1. The summed E-state index contributed by atoms with van der Waals surface area (Å²) in [5.41, 5.74) is 7.66. The Kier molecular flexibility index (Phi) is 3.67. The second kappa shape index (κ2) is 4.84. The average Bonchev–Trinajstić information content (AvgIpc) is 3.08. The van der Waals surface area contributed by atoms with Crippen molar-refractivity contribution in [2.45, 2.75) is 57.7 Å². The molecule has 19 heavy (non-hydrogen) atoms. The van der Waals surface area contributed by atoms with Gasteiger partial charge in [-0.2, -0.15) is 0 Å². The molecule has 3 N–H and O–H groups in total. The second-order valence-corrected chi connectivity index (χ2v) is 6.64. The maximum absolute atomic E-state index is 10.1. The van der Waals surface area contributed by atoms with Crippen molar-refractivity contribution >= 4 is 18.6 Å². The average molecular weight is 261 g/mol. The van der Waals surface area contributed by atoms with Gasteiger partial charge in [0.1, 0.15) is 0 Å². The van der Waals surface area contributed by atoms with E-state index in [-0.39, 0.29) is 0 Å². The van der Waals surface area contributed by atoms with Gasteiger partial charge in [0.15, 0.2) is 0 Å². The number of hydrogen-bond acceptors (Lipinski definition) is 3. The van der Waals surface area contributed by atoms with E-state index < -0.39 is 11.2 Å². The molecule has 0 unspecified atom stereocenters. The summed E-state index contributed by atoms with van der Waals surface area (Å²) in [4.78, 5) is 0. The summed E-state index contributed by atoms with van der Waals surface area (Å²) in [7, 11) is 0.474. The molecule has 0 atom stereocenters. The molecule has 104 valence electrons. The van der Waals surface area contributed by atoms with E-state index in [2.05, 4.69) is 12.1 Å². The number of anilines is 1. The molecule has 1 aliphatic rings. The van der Waals surface area contributed by atoms with Crippen LogP contribution in [0.2, 0.25) is 0 Å². The monoisotopic (exact) mass is 261 g/mol. The van der Waals surface area contributed by atoms with Gasteiger partial charge in [-0.15, -0.1) is 0 Å². The first kappa shape index (κ1) is 14.4. The summed E-state index contributed by atoms with van der Waals surface area (Å²) in [5, 5.41) is 10.1. The predicted octanol–water partition coefficient (Wildman–Crippen LogP) is 1.69. The highest BCUT2D eigenvalue weighted by Gasteiger charge is 2.35. The summed E-state index contributed by atoms with van der Waals surface area (Å²) in [6.07, 6.45) is 2.53. The fourth-order valence-corrected chi connectivity index (χ4v) is 1.92. The van der Waals surface area contributed by atoms with E-state index in [0.717, 1.165) is 11.2 Å². The van der Waals surface area contributed by atoms with Crippen LogP contribution >= 0.6 is 0 Å². The molecule has 0 bridgehead atoms. The Morgan fingerprint density at radius 2 is 1.84 bits per heavy atom. The van der Waals surface area contributed by atoms with E-state index in [4.69, 9.17) is 10.4 Å². The molecule has 1 aromatic carbocycles. The number of hydrogen-bond donors (Lipinski definition) is 2. The van der Waals surface area contributed by atoms with Crippen LogP contribution in [0.15, 0.2) is 18.2 Å². The summed E-state index contributed by atoms with van der Waals surface area (Å²) < 4.78 is 5.88. The third kappa shape index (κ3) is 3.51. The standard InChI is InChI=1S/C15H24BNO2/c1-14(2,18)15(3,4)19-16-12-7-11(10-5-6-10)8-13(17)9-12/h7-10,16,18H,5-6,17H2,1-4H3. The molecule has 0 spiro atoms. The van der Waals surface area contributed by atoms with Crippen molar-refractivity contribution in [2.75, 3.05) is 5.73 Å². The van der Waals surface area contributed by atoms with Gasteiger partial charge in [0.05, 0.1) is 11.2 Å². The molecular weight excluding hydrogens is 237 g/mol. The van der Waals surface area contributed by atoms with Gasteiger partial charge in [-0.25, -0.2) is 0 Å². The quantitative estimate of drug-likeness (QED) is 0.626. The summed E-state index contributed by atoms with van der Waals surface area (Å²) in [6, 6.07) is 6.18. The number of nitrogen functional groups attached to an aromatic ring is 1. The molecule has 0 amide bonds. The molecule has 2 rings (SSSR count). The number of benzene rings is 1. The normalized spacial score (nSPS) is 16.5. The Balaban J connectivity index is 2.07. The Labute approximate surface area is 116 Å². The van der Waals surface area contributed by atoms with Crippen LogP contribution in [-0.2, 0) is 4.65 Å². The van der Waals surface area contributed by atoms with Crippen LogP contribution in [0.4, 0.5) is 5.69 Å². The first-order valence-electron chi connectivity index (χ1n) is 6.95. The second-order valence-electron chi connectivity index (χ2n) is 6.64. The lowest BCUT2D eigenvalue weighted by Crippen LogP contribution is -2.49. The van der Waals surface area contributed by atoms with Crippen molar-refractivity contribution in [3.05, 3.63) is 23.8 Å². The van der Waals surface area contributed by atoms with Gasteiger partial charge in [0.2, 0.25) is 0 Å². The zero-order chi connectivity index (χ0) is 14.3. The first-order valence-corrected chi connectivity index (χ1v) is 6.95. The van der Waals surface area contributed by atoms with Gasteiger partial charge in [-0.1, -0.05) is 11.5 Å². The Bertz CT molecular complexity index is 462. The van der Waals surface area contributed by atoms with Crippen molar-refractivity contribution in [3.63, 3.8) is 0 Å². The minimum absolute atomic E-state index is 0.474. The zero-order valence-electron chi connectivity index (χ0n) is 12.4. The third-order valence-electron chi connectivity index (χ3n) is 4.16. The van der Waals surface area contributed by atoms with Crippen molar-refractivity contribution in [1.82, 2.24) is 0 Å². The van der Waals surface area contributed by atoms with Crippen molar-refractivity contribution in [1.29, 1.82) is 0 Å². The van der Waals surface area contributed by atoms with Crippen LogP contribution in [-0.4, -0.2) is 23.8 Å². The zero-order valence-corrected chi connectivity index (χ0v) is 12.4. The molecule has 0 radical (unpaired) electrons. The predicted molar refractivity (Wildman–Crippen MR) is 81.1 cm³/mol. The van der Waals surface area contributed by atoms with Crippen LogP contribution in [0.25, 0.3) is 0 Å². The lowest BCUT2D eigenvalue weighted by molar-refractivity contribution is -0.0893. The van der Waals surface area contributed by atoms with Crippen molar-refractivity contribution in [2.24, 2.45) is 0 Å². The molecule has 0 aromatic heterocycles. The first-order chi connectivity index (χ1) is 8.69. The van der Waals surface area contributed by atoms with Crippen LogP contribution in [0, 0.1) is 0 Å². The molecule has 1 aliphatic carbocycles. The van der Waals surface area contributed by atoms with E-state index in [1.807, 2.05) is 19.9 Å². The van der Waals surface area contributed by atoms with Crippen LogP contribution < -0.4 is 11.2 Å². The lowest BCUT2D eigenvalue weighted by atomic mass is 9.81. The smallest absolute Gasteiger partial charge is 0.309 e. The van der Waals surface area contributed by atoms with Gasteiger partial charge >= 0.3 is 7.48 Å². The van der Waals surface area contributed by atoms with Crippen LogP contribution in [0.3, 0.4) is 0 Å². The summed E-state index contributed by atoms with van der Waals surface area (Å²) >= 11 is 0. The van der Waals surface area contributed by atoms with E-state index in [9.17, 15) is 5.11 Å². The van der Waals surface area contributed by atoms with Gasteiger partial charge in [-0.05, 0) is 64.2 Å². The van der Waals surface area contributed by atoms with E-state index in [1.54, 1.807) is 13.8 Å². The van der Waals surface area contributed by atoms with Gasteiger partial charge in [0.25, 0.3) is 0 Å². The number of rotatable bonds is 5. The minimum Gasteiger partial charge on any atom is -0.427 e. The Morgan fingerprint density at radius 3 is 2.37 bits per heavy atom. The van der Waals surface area contributed by atoms with Gasteiger partial charge in [-0.3, -0.25) is 0 Å². The number of aliphatic hydroxyl groups is 1.